The molecule has 3 nitrogen and oxygen atoms in total. The number of Topliss-reactive ketones (excluding diaryl/α,β-unsaturated/α-hetero) is 1. The lowest BCUT2D eigenvalue weighted by Crippen LogP contribution is -2.27. The third-order valence-corrected chi connectivity index (χ3v) is 4.55. The van der Waals surface area contributed by atoms with Gasteiger partial charge in [0.1, 0.15) is 6.10 Å². The maximum atomic E-state index is 13.0. The summed E-state index contributed by atoms with van der Waals surface area (Å²) < 4.78 is 5.82. The van der Waals surface area contributed by atoms with E-state index in [2.05, 4.69) is 17.1 Å². The molecular weight excluding hydrogens is 262 g/mol. The maximum Gasteiger partial charge on any atom is 0.175 e. The van der Waals surface area contributed by atoms with Crippen molar-refractivity contribution in [2.45, 2.75) is 31.3 Å². The van der Waals surface area contributed by atoms with E-state index in [1.807, 2.05) is 24.3 Å². The number of carbonyl (C=O) groups is 1. The number of ketones is 1. The van der Waals surface area contributed by atoms with Crippen molar-refractivity contribution in [1.82, 2.24) is 4.98 Å². The van der Waals surface area contributed by atoms with Gasteiger partial charge in [-0.2, -0.15) is 0 Å². The Labute approximate surface area is 124 Å². The lowest BCUT2D eigenvalue weighted by molar-refractivity contribution is -0.133. The summed E-state index contributed by atoms with van der Waals surface area (Å²) in [6, 6.07) is 12.1. The molecule has 1 aromatic carbocycles. The Bertz CT molecular complexity index is 695. The predicted molar refractivity (Wildman–Crippen MR) is 79.1 cm³/mol. The summed E-state index contributed by atoms with van der Waals surface area (Å²) >= 11 is 0. The number of pyridine rings is 1. The molecule has 1 aliphatic carbocycles. The summed E-state index contributed by atoms with van der Waals surface area (Å²) in [6.07, 6.45) is 4.04. The second-order valence-corrected chi connectivity index (χ2v) is 5.74. The lowest BCUT2D eigenvalue weighted by atomic mass is 9.89. The minimum absolute atomic E-state index is 0.114. The average molecular weight is 279 g/mol. The molecule has 0 bridgehead atoms. The molecule has 1 aromatic heterocycles. The predicted octanol–water partition coefficient (Wildman–Crippen LogP) is 2.99. The van der Waals surface area contributed by atoms with Crippen molar-refractivity contribution in [3.05, 3.63) is 65.0 Å². The summed E-state index contributed by atoms with van der Waals surface area (Å²) in [7, 11) is 0. The van der Waals surface area contributed by atoms with Crippen LogP contribution in [0.25, 0.3) is 0 Å². The molecule has 1 aliphatic heterocycles. The van der Waals surface area contributed by atoms with Gasteiger partial charge in [0.25, 0.3) is 0 Å². The quantitative estimate of drug-likeness (QED) is 0.848. The van der Waals surface area contributed by atoms with Gasteiger partial charge in [-0.3, -0.25) is 9.78 Å². The molecular formula is C18H17NO2. The molecule has 2 aliphatic rings. The number of aromatic nitrogens is 1. The first kappa shape index (κ1) is 12.7. The Kier molecular flexibility index (Phi) is 3.08. The summed E-state index contributed by atoms with van der Waals surface area (Å²) in [4.78, 5) is 17.4. The van der Waals surface area contributed by atoms with Crippen molar-refractivity contribution in [2.24, 2.45) is 0 Å². The van der Waals surface area contributed by atoms with Gasteiger partial charge < -0.3 is 4.74 Å². The van der Waals surface area contributed by atoms with Crippen LogP contribution in [-0.4, -0.2) is 17.4 Å². The molecule has 0 saturated carbocycles. The molecule has 3 heteroatoms. The fourth-order valence-corrected chi connectivity index (χ4v) is 3.50. The van der Waals surface area contributed by atoms with E-state index in [0.29, 0.717) is 6.61 Å². The van der Waals surface area contributed by atoms with Crippen LogP contribution in [0, 0.1) is 0 Å². The van der Waals surface area contributed by atoms with Crippen molar-refractivity contribution in [1.29, 1.82) is 0 Å². The molecule has 0 fully saturated rings. The molecule has 2 unspecified atom stereocenters. The van der Waals surface area contributed by atoms with Gasteiger partial charge in [0.2, 0.25) is 0 Å². The zero-order chi connectivity index (χ0) is 14.2. The van der Waals surface area contributed by atoms with E-state index >= 15 is 0 Å². The monoisotopic (exact) mass is 279 g/mol. The van der Waals surface area contributed by atoms with Gasteiger partial charge in [-0.05, 0) is 42.0 Å². The number of nitrogens with zero attached hydrogens (tertiary/aromatic N) is 1. The highest BCUT2D eigenvalue weighted by Crippen LogP contribution is 2.38. The summed E-state index contributed by atoms with van der Waals surface area (Å²) in [5.74, 6) is 0.0527. The zero-order valence-corrected chi connectivity index (χ0v) is 11.8. The van der Waals surface area contributed by atoms with Gasteiger partial charge in [-0.1, -0.05) is 30.3 Å². The van der Waals surface area contributed by atoms with Gasteiger partial charge >= 0.3 is 0 Å². The minimum atomic E-state index is -0.423. The number of hydrogen-bond acceptors (Lipinski definition) is 3. The van der Waals surface area contributed by atoms with Crippen molar-refractivity contribution in [3.63, 3.8) is 0 Å². The summed E-state index contributed by atoms with van der Waals surface area (Å²) in [5, 5.41) is 0. The van der Waals surface area contributed by atoms with Crippen molar-refractivity contribution < 1.29 is 9.53 Å². The number of rotatable bonds is 2. The minimum Gasteiger partial charge on any atom is -0.365 e. The van der Waals surface area contributed by atoms with Crippen molar-refractivity contribution in [2.75, 3.05) is 6.61 Å². The van der Waals surface area contributed by atoms with Crippen molar-refractivity contribution in [3.8, 4) is 0 Å². The molecule has 0 saturated heterocycles. The number of fused-ring (bicyclic) bond motifs is 2. The van der Waals surface area contributed by atoms with E-state index in [1.54, 1.807) is 6.20 Å². The number of aryl methyl sites for hydroxylation is 1. The van der Waals surface area contributed by atoms with E-state index < -0.39 is 6.10 Å². The third kappa shape index (κ3) is 2.09. The molecule has 21 heavy (non-hydrogen) atoms. The first-order valence-electron chi connectivity index (χ1n) is 7.51. The Morgan fingerprint density at radius 3 is 2.90 bits per heavy atom. The van der Waals surface area contributed by atoms with E-state index in [4.69, 9.17) is 4.74 Å². The molecule has 2 aromatic rings. The fraction of sp³-hybridized carbons (Fsp3) is 0.333. The van der Waals surface area contributed by atoms with Gasteiger partial charge in [0.05, 0.1) is 18.2 Å². The van der Waals surface area contributed by atoms with Crippen LogP contribution in [0.2, 0.25) is 0 Å². The molecule has 2 atom stereocenters. The molecule has 0 radical (unpaired) electrons. The topological polar surface area (TPSA) is 39.2 Å². The van der Waals surface area contributed by atoms with E-state index in [0.717, 1.165) is 30.5 Å². The smallest absolute Gasteiger partial charge is 0.175 e. The van der Waals surface area contributed by atoms with Crippen LogP contribution < -0.4 is 0 Å². The number of ether oxygens (including phenoxy) is 1. The van der Waals surface area contributed by atoms with E-state index in [1.165, 1.54) is 11.1 Å². The second kappa shape index (κ2) is 5.08. The Morgan fingerprint density at radius 2 is 1.95 bits per heavy atom. The van der Waals surface area contributed by atoms with Crippen molar-refractivity contribution >= 4 is 5.78 Å². The molecule has 0 spiro atoms. The Balaban J connectivity index is 1.68. The highest BCUT2D eigenvalue weighted by Gasteiger charge is 2.37. The SMILES string of the molecule is O=C(C1CCc2cccnc21)C1OCCc2ccccc21. The molecule has 2 heterocycles. The number of benzene rings is 1. The third-order valence-electron chi connectivity index (χ3n) is 4.55. The fourth-order valence-electron chi connectivity index (χ4n) is 3.50. The molecule has 106 valence electrons. The zero-order valence-electron chi connectivity index (χ0n) is 11.8. The normalized spacial score (nSPS) is 23.4. The first-order valence-corrected chi connectivity index (χ1v) is 7.51. The van der Waals surface area contributed by atoms with Crippen LogP contribution in [0.4, 0.5) is 0 Å². The Hall–Kier alpha value is -2.00. The second-order valence-electron chi connectivity index (χ2n) is 5.74. The van der Waals surface area contributed by atoms with Crippen LogP contribution in [0.1, 0.15) is 40.8 Å². The van der Waals surface area contributed by atoms with Gasteiger partial charge in [-0.25, -0.2) is 0 Å². The maximum absolute atomic E-state index is 13.0. The lowest BCUT2D eigenvalue weighted by Gasteiger charge is -2.27. The van der Waals surface area contributed by atoms with Crippen LogP contribution in [-0.2, 0) is 22.4 Å². The molecule has 0 amide bonds. The van der Waals surface area contributed by atoms with Crippen LogP contribution in [0.5, 0.6) is 0 Å². The van der Waals surface area contributed by atoms with Gasteiger partial charge in [-0.15, -0.1) is 0 Å². The highest BCUT2D eigenvalue weighted by atomic mass is 16.5. The van der Waals surface area contributed by atoms with Gasteiger partial charge in [0.15, 0.2) is 5.78 Å². The molecule has 0 N–H and O–H groups in total. The molecule has 4 rings (SSSR count). The largest absolute Gasteiger partial charge is 0.365 e. The first-order chi connectivity index (χ1) is 10.3. The average Bonchev–Trinajstić information content (AvgIpc) is 2.98. The summed E-state index contributed by atoms with van der Waals surface area (Å²) in [6.45, 7) is 0.620. The standard InChI is InChI=1S/C18H17NO2/c20-17(15-8-7-13-5-3-10-19-16(13)15)18-14-6-2-1-4-12(14)9-11-21-18/h1-6,10,15,18H,7-9,11H2. The van der Waals surface area contributed by atoms with Crippen LogP contribution in [0.3, 0.4) is 0 Å². The number of carbonyl (C=O) groups excluding carboxylic acids is 1. The van der Waals surface area contributed by atoms with Crippen LogP contribution >= 0.6 is 0 Å². The van der Waals surface area contributed by atoms with E-state index in [9.17, 15) is 4.79 Å². The Morgan fingerprint density at radius 1 is 1.10 bits per heavy atom. The van der Waals surface area contributed by atoms with E-state index in [-0.39, 0.29) is 11.7 Å². The number of hydrogen-bond donors (Lipinski definition) is 0. The highest BCUT2D eigenvalue weighted by molar-refractivity contribution is 5.91. The summed E-state index contributed by atoms with van der Waals surface area (Å²) in [5.41, 5.74) is 4.44. The van der Waals surface area contributed by atoms with Crippen LogP contribution in [0.15, 0.2) is 42.6 Å². The van der Waals surface area contributed by atoms with Gasteiger partial charge in [0, 0.05) is 6.20 Å².